The highest BCUT2D eigenvalue weighted by atomic mass is 79.9. The summed E-state index contributed by atoms with van der Waals surface area (Å²) in [6.07, 6.45) is 0. The Labute approximate surface area is 89.6 Å². The van der Waals surface area contributed by atoms with E-state index in [1.54, 1.807) is 12.1 Å². The van der Waals surface area contributed by atoms with Crippen LogP contribution in [0.3, 0.4) is 0 Å². The summed E-state index contributed by atoms with van der Waals surface area (Å²) in [6, 6.07) is 3.24. The molecule has 0 unspecified atom stereocenters. The van der Waals surface area contributed by atoms with Crippen molar-refractivity contribution in [3.8, 4) is 11.5 Å². The Bertz CT molecular complexity index is 362. The molecule has 0 saturated carbocycles. The lowest BCUT2D eigenvalue weighted by molar-refractivity contribution is 0.0689. The Hall–Kier alpha value is -1.23. The zero-order valence-corrected chi connectivity index (χ0v) is 9.29. The number of hydrogen-bond donors (Lipinski definition) is 1. The van der Waals surface area contributed by atoms with Gasteiger partial charge in [-0.2, -0.15) is 0 Å². The number of carboxylic acids is 1. The van der Waals surface area contributed by atoms with E-state index in [4.69, 9.17) is 14.6 Å². The fourth-order valence-electron chi connectivity index (χ4n) is 1.11. The van der Waals surface area contributed by atoms with E-state index in [2.05, 4.69) is 15.9 Å². The molecule has 0 aliphatic heterocycles. The lowest BCUT2D eigenvalue weighted by Gasteiger charge is -2.10. The fourth-order valence-corrected chi connectivity index (χ4v) is 1.60. The van der Waals surface area contributed by atoms with Crippen LogP contribution in [0.25, 0.3) is 0 Å². The van der Waals surface area contributed by atoms with E-state index in [1.165, 1.54) is 14.2 Å². The summed E-state index contributed by atoms with van der Waals surface area (Å²) >= 11 is 3.20. The molecule has 5 heteroatoms. The average Bonchev–Trinajstić information content (AvgIpc) is 2.17. The minimum absolute atomic E-state index is 0.0179. The Kier molecular flexibility index (Phi) is 3.35. The van der Waals surface area contributed by atoms with Crippen molar-refractivity contribution < 1.29 is 19.4 Å². The van der Waals surface area contributed by atoms with E-state index in [0.29, 0.717) is 4.47 Å². The van der Waals surface area contributed by atoms with Crippen molar-refractivity contribution in [2.45, 2.75) is 0 Å². The average molecular weight is 261 g/mol. The highest BCUT2D eigenvalue weighted by molar-refractivity contribution is 9.10. The smallest absolute Gasteiger partial charge is 0.343 e. The molecule has 1 rings (SSSR count). The summed E-state index contributed by atoms with van der Waals surface area (Å²) in [6.45, 7) is 0. The summed E-state index contributed by atoms with van der Waals surface area (Å²) in [7, 11) is 2.82. The van der Waals surface area contributed by atoms with Crippen LogP contribution in [-0.4, -0.2) is 25.3 Å². The van der Waals surface area contributed by atoms with Crippen molar-refractivity contribution in [2.75, 3.05) is 14.2 Å². The van der Waals surface area contributed by atoms with Gasteiger partial charge in [-0.3, -0.25) is 0 Å². The summed E-state index contributed by atoms with van der Waals surface area (Å²) in [5.74, 6) is -0.547. The lowest BCUT2D eigenvalue weighted by atomic mass is 10.2. The highest BCUT2D eigenvalue weighted by Crippen LogP contribution is 2.35. The number of aromatic carboxylic acids is 1. The first-order valence-corrected chi connectivity index (χ1v) is 4.55. The van der Waals surface area contributed by atoms with Crippen LogP contribution < -0.4 is 9.47 Å². The minimum atomic E-state index is -1.08. The van der Waals surface area contributed by atoms with Crippen LogP contribution in [0.15, 0.2) is 16.6 Å². The van der Waals surface area contributed by atoms with Crippen molar-refractivity contribution in [3.63, 3.8) is 0 Å². The molecule has 1 aromatic rings. The Morgan fingerprint density at radius 1 is 1.36 bits per heavy atom. The van der Waals surface area contributed by atoms with Crippen molar-refractivity contribution in [1.29, 1.82) is 0 Å². The van der Waals surface area contributed by atoms with Crippen molar-refractivity contribution in [1.82, 2.24) is 0 Å². The van der Waals surface area contributed by atoms with Gasteiger partial charge in [-0.25, -0.2) is 4.79 Å². The van der Waals surface area contributed by atoms with Crippen molar-refractivity contribution in [3.05, 3.63) is 22.2 Å². The second-order valence-electron chi connectivity index (χ2n) is 2.46. The first-order chi connectivity index (χ1) is 6.61. The molecule has 0 spiro atoms. The third-order valence-electron chi connectivity index (χ3n) is 1.71. The van der Waals surface area contributed by atoms with Crippen molar-refractivity contribution in [2.24, 2.45) is 0 Å². The third-order valence-corrected chi connectivity index (χ3v) is 2.33. The van der Waals surface area contributed by atoms with Crippen LogP contribution in [0.1, 0.15) is 10.4 Å². The molecule has 0 heterocycles. The maximum absolute atomic E-state index is 10.9. The van der Waals surface area contributed by atoms with Gasteiger partial charge < -0.3 is 14.6 Å². The summed E-state index contributed by atoms with van der Waals surface area (Å²) < 4.78 is 10.5. The van der Waals surface area contributed by atoms with Crippen LogP contribution in [0, 0.1) is 0 Å². The molecule has 14 heavy (non-hydrogen) atoms. The first kappa shape index (κ1) is 10.8. The van der Waals surface area contributed by atoms with Crippen LogP contribution in [0.2, 0.25) is 0 Å². The van der Waals surface area contributed by atoms with Gasteiger partial charge in [0.15, 0.2) is 5.75 Å². The van der Waals surface area contributed by atoms with Crippen LogP contribution >= 0.6 is 15.9 Å². The Morgan fingerprint density at radius 3 is 2.43 bits per heavy atom. The number of benzene rings is 1. The molecule has 0 aliphatic rings. The molecular weight excluding hydrogens is 252 g/mol. The molecule has 0 atom stereocenters. The predicted molar refractivity (Wildman–Crippen MR) is 54.2 cm³/mol. The van der Waals surface area contributed by atoms with Crippen molar-refractivity contribution >= 4 is 21.9 Å². The first-order valence-electron chi connectivity index (χ1n) is 3.75. The second kappa shape index (κ2) is 4.32. The van der Waals surface area contributed by atoms with E-state index in [1.807, 2.05) is 0 Å². The number of ether oxygens (including phenoxy) is 2. The van der Waals surface area contributed by atoms with Gasteiger partial charge in [-0.15, -0.1) is 0 Å². The molecule has 0 radical (unpaired) electrons. The topological polar surface area (TPSA) is 55.8 Å². The SMILES string of the molecule is COc1ccc(Br)c(OC)c1C(=O)O. The molecule has 0 amide bonds. The Morgan fingerprint density at radius 2 is 2.00 bits per heavy atom. The molecule has 1 aromatic carbocycles. The third kappa shape index (κ3) is 1.82. The van der Waals surface area contributed by atoms with E-state index in [9.17, 15) is 4.79 Å². The lowest BCUT2D eigenvalue weighted by Crippen LogP contribution is -2.04. The normalized spacial score (nSPS) is 9.64. The summed E-state index contributed by atoms with van der Waals surface area (Å²) in [5.41, 5.74) is 0.0179. The highest BCUT2D eigenvalue weighted by Gasteiger charge is 2.19. The van der Waals surface area contributed by atoms with Gasteiger partial charge in [0.05, 0.1) is 18.7 Å². The molecule has 1 N–H and O–H groups in total. The van der Waals surface area contributed by atoms with Gasteiger partial charge in [0.1, 0.15) is 11.3 Å². The molecule has 0 bridgehead atoms. The van der Waals surface area contributed by atoms with Gasteiger partial charge in [0.2, 0.25) is 0 Å². The predicted octanol–water partition coefficient (Wildman–Crippen LogP) is 2.16. The molecule has 0 aliphatic carbocycles. The minimum Gasteiger partial charge on any atom is -0.496 e. The number of carbonyl (C=O) groups is 1. The maximum Gasteiger partial charge on any atom is 0.343 e. The van der Waals surface area contributed by atoms with Gasteiger partial charge in [0.25, 0.3) is 0 Å². The van der Waals surface area contributed by atoms with Crippen LogP contribution in [-0.2, 0) is 0 Å². The zero-order chi connectivity index (χ0) is 10.7. The van der Waals surface area contributed by atoms with E-state index >= 15 is 0 Å². The fraction of sp³-hybridized carbons (Fsp3) is 0.222. The number of carboxylic acid groups (broad SMARTS) is 1. The van der Waals surface area contributed by atoms with Crippen LogP contribution in [0.5, 0.6) is 11.5 Å². The van der Waals surface area contributed by atoms with Gasteiger partial charge in [-0.05, 0) is 28.1 Å². The summed E-state index contributed by atoms with van der Waals surface area (Å²) in [4.78, 5) is 10.9. The van der Waals surface area contributed by atoms with Gasteiger partial charge >= 0.3 is 5.97 Å². The van der Waals surface area contributed by atoms with E-state index < -0.39 is 5.97 Å². The second-order valence-corrected chi connectivity index (χ2v) is 3.32. The molecule has 0 fully saturated rings. The largest absolute Gasteiger partial charge is 0.496 e. The maximum atomic E-state index is 10.9. The molecule has 0 saturated heterocycles. The van der Waals surface area contributed by atoms with Gasteiger partial charge in [0, 0.05) is 0 Å². The molecule has 4 nitrogen and oxygen atoms in total. The standard InChI is InChI=1S/C9H9BrO4/c1-13-6-4-3-5(10)8(14-2)7(6)9(11)12/h3-4H,1-2H3,(H,11,12). The molecule has 76 valence electrons. The quantitative estimate of drug-likeness (QED) is 0.905. The molecule has 0 aromatic heterocycles. The van der Waals surface area contributed by atoms with Crippen LogP contribution in [0.4, 0.5) is 0 Å². The monoisotopic (exact) mass is 260 g/mol. The zero-order valence-electron chi connectivity index (χ0n) is 7.70. The number of methoxy groups -OCH3 is 2. The summed E-state index contributed by atoms with van der Waals surface area (Å²) in [5, 5.41) is 8.95. The molecular formula is C9H9BrO4. The number of hydrogen-bond acceptors (Lipinski definition) is 3. The Balaban J connectivity index is 3.43. The van der Waals surface area contributed by atoms with E-state index in [-0.39, 0.29) is 17.1 Å². The van der Waals surface area contributed by atoms with E-state index in [0.717, 1.165) is 0 Å². The number of halogens is 1. The van der Waals surface area contributed by atoms with Gasteiger partial charge in [-0.1, -0.05) is 0 Å². The number of rotatable bonds is 3.